The first-order chi connectivity index (χ1) is 8.22. The highest BCUT2D eigenvalue weighted by molar-refractivity contribution is 5.97. The number of nitriles is 1. The summed E-state index contributed by atoms with van der Waals surface area (Å²) in [4.78, 5) is 21.5. The van der Waals surface area contributed by atoms with Crippen molar-refractivity contribution in [1.82, 2.24) is 14.9 Å². The third-order valence-electron chi connectivity index (χ3n) is 2.37. The Kier molecular flexibility index (Phi) is 2.97. The van der Waals surface area contributed by atoms with E-state index in [-0.39, 0.29) is 12.5 Å². The molecule has 17 heavy (non-hydrogen) atoms. The third kappa shape index (κ3) is 2.21. The molecule has 1 heterocycles. The predicted molar refractivity (Wildman–Crippen MR) is 62.1 cm³/mol. The largest absolute Gasteiger partial charge is 0.328 e. The van der Waals surface area contributed by atoms with Crippen LogP contribution in [-0.4, -0.2) is 34.4 Å². The lowest BCUT2D eigenvalue weighted by Crippen LogP contribution is -2.26. The van der Waals surface area contributed by atoms with E-state index in [4.69, 9.17) is 5.26 Å². The van der Waals surface area contributed by atoms with Gasteiger partial charge in [0.2, 0.25) is 0 Å². The van der Waals surface area contributed by atoms with Crippen molar-refractivity contribution in [2.45, 2.75) is 0 Å². The molecule has 0 aliphatic heterocycles. The van der Waals surface area contributed by atoms with Crippen LogP contribution in [-0.2, 0) is 0 Å². The summed E-state index contributed by atoms with van der Waals surface area (Å²) >= 11 is 0. The first kappa shape index (κ1) is 11.0. The van der Waals surface area contributed by atoms with E-state index >= 15 is 0 Å². The number of nitrogens with zero attached hydrogens (tertiary/aromatic N) is 4. The summed E-state index contributed by atoms with van der Waals surface area (Å²) in [6, 6.07) is 7.05. The van der Waals surface area contributed by atoms with Crippen LogP contribution in [0.3, 0.4) is 0 Å². The zero-order chi connectivity index (χ0) is 12.3. The fourth-order valence-corrected chi connectivity index (χ4v) is 1.49. The summed E-state index contributed by atoms with van der Waals surface area (Å²) in [6.07, 6.45) is 3.18. The van der Waals surface area contributed by atoms with E-state index in [1.54, 1.807) is 37.6 Å². The standard InChI is InChI=1S/C12H10N4O/c1-16(7-4-13)12(17)9-2-3-10-11(8-9)15-6-5-14-10/h2-3,5-6,8H,7H2,1H3. The lowest BCUT2D eigenvalue weighted by Gasteiger charge is -2.12. The van der Waals surface area contributed by atoms with Gasteiger partial charge in [0.1, 0.15) is 6.54 Å². The van der Waals surface area contributed by atoms with Crippen LogP contribution in [0.2, 0.25) is 0 Å². The number of rotatable bonds is 2. The molecule has 0 radical (unpaired) electrons. The number of carbonyl (C=O) groups excluding carboxylic acids is 1. The van der Waals surface area contributed by atoms with Gasteiger partial charge in [-0.1, -0.05) is 0 Å². The monoisotopic (exact) mass is 226 g/mol. The molecule has 0 N–H and O–H groups in total. The Bertz CT molecular complexity index is 603. The lowest BCUT2D eigenvalue weighted by atomic mass is 10.1. The van der Waals surface area contributed by atoms with Crippen molar-refractivity contribution in [3.8, 4) is 6.07 Å². The van der Waals surface area contributed by atoms with Crippen molar-refractivity contribution in [3.63, 3.8) is 0 Å². The molecule has 2 aromatic rings. The van der Waals surface area contributed by atoms with Crippen molar-refractivity contribution in [2.24, 2.45) is 0 Å². The van der Waals surface area contributed by atoms with Crippen LogP contribution in [0.25, 0.3) is 11.0 Å². The molecule has 0 fully saturated rings. The van der Waals surface area contributed by atoms with Gasteiger partial charge in [0.15, 0.2) is 0 Å². The Morgan fingerprint density at radius 2 is 2.06 bits per heavy atom. The van der Waals surface area contributed by atoms with E-state index in [0.29, 0.717) is 11.1 Å². The molecule has 0 aliphatic rings. The first-order valence-electron chi connectivity index (χ1n) is 5.05. The summed E-state index contributed by atoms with van der Waals surface area (Å²) < 4.78 is 0. The van der Waals surface area contributed by atoms with Crippen LogP contribution in [0.5, 0.6) is 0 Å². The maximum atomic E-state index is 11.9. The van der Waals surface area contributed by atoms with Crippen LogP contribution in [0.1, 0.15) is 10.4 Å². The molecule has 0 bridgehead atoms. The predicted octanol–water partition coefficient (Wildman–Crippen LogP) is 1.23. The summed E-state index contributed by atoms with van der Waals surface area (Å²) in [5.74, 6) is -0.195. The van der Waals surface area contributed by atoms with Gasteiger partial charge in [-0.25, -0.2) is 0 Å². The molecule has 0 aliphatic carbocycles. The summed E-state index contributed by atoms with van der Waals surface area (Å²) in [7, 11) is 1.59. The normalized spacial score (nSPS) is 9.88. The number of hydrogen-bond acceptors (Lipinski definition) is 4. The highest BCUT2D eigenvalue weighted by Crippen LogP contribution is 2.12. The molecule has 0 saturated heterocycles. The highest BCUT2D eigenvalue weighted by Gasteiger charge is 2.11. The maximum absolute atomic E-state index is 11.9. The molecular formula is C12H10N4O. The van der Waals surface area contributed by atoms with Crippen LogP contribution < -0.4 is 0 Å². The van der Waals surface area contributed by atoms with Crippen molar-refractivity contribution in [1.29, 1.82) is 5.26 Å². The number of carbonyl (C=O) groups is 1. The fourth-order valence-electron chi connectivity index (χ4n) is 1.49. The van der Waals surface area contributed by atoms with Gasteiger partial charge in [-0.3, -0.25) is 14.8 Å². The molecule has 1 amide bonds. The van der Waals surface area contributed by atoms with E-state index in [1.807, 2.05) is 6.07 Å². The molecular weight excluding hydrogens is 216 g/mol. The van der Waals surface area contributed by atoms with E-state index < -0.39 is 0 Å². The number of hydrogen-bond donors (Lipinski definition) is 0. The summed E-state index contributed by atoms with van der Waals surface area (Å²) in [6.45, 7) is 0.0668. The minimum absolute atomic E-state index is 0.0668. The van der Waals surface area contributed by atoms with Crippen LogP contribution in [0, 0.1) is 11.3 Å². The van der Waals surface area contributed by atoms with Crippen LogP contribution >= 0.6 is 0 Å². The molecule has 84 valence electrons. The molecule has 5 nitrogen and oxygen atoms in total. The van der Waals surface area contributed by atoms with Gasteiger partial charge in [0.05, 0.1) is 17.1 Å². The summed E-state index contributed by atoms with van der Waals surface area (Å²) in [5.41, 5.74) is 1.92. The first-order valence-corrected chi connectivity index (χ1v) is 5.05. The lowest BCUT2D eigenvalue weighted by molar-refractivity contribution is 0.0812. The summed E-state index contributed by atoms with van der Waals surface area (Å²) in [5, 5.41) is 8.54. The average molecular weight is 226 g/mol. The molecule has 0 saturated carbocycles. The second-order valence-corrected chi connectivity index (χ2v) is 3.58. The van der Waals surface area contributed by atoms with Crippen molar-refractivity contribution < 1.29 is 4.79 Å². The second kappa shape index (κ2) is 4.58. The second-order valence-electron chi connectivity index (χ2n) is 3.58. The number of amides is 1. The number of fused-ring (bicyclic) bond motifs is 1. The van der Waals surface area contributed by atoms with Gasteiger partial charge >= 0.3 is 0 Å². The minimum atomic E-state index is -0.195. The van der Waals surface area contributed by atoms with Gasteiger partial charge in [-0.2, -0.15) is 5.26 Å². The van der Waals surface area contributed by atoms with E-state index in [2.05, 4.69) is 9.97 Å². The van der Waals surface area contributed by atoms with E-state index in [9.17, 15) is 4.79 Å². The van der Waals surface area contributed by atoms with Crippen molar-refractivity contribution in [2.75, 3.05) is 13.6 Å². The van der Waals surface area contributed by atoms with Gasteiger partial charge in [0, 0.05) is 25.0 Å². The fraction of sp³-hybridized carbons (Fsp3) is 0.167. The molecule has 1 aromatic carbocycles. The number of benzene rings is 1. The third-order valence-corrected chi connectivity index (χ3v) is 2.37. The zero-order valence-corrected chi connectivity index (χ0v) is 9.29. The smallest absolute Gasteiger partial charge is 0.254 e. The molecule has 1 aromatic heterocycles. The topological polar surface area (TPSA) is 69.9 Å². The van der Waals surface area contributed by atoms with Crippen LogP contribution in [0.15, 0.2) is 30.6 Å². The van der Waals surface area contributed by atoms with Gasteiger partial charge < -0.3 is 4.90 Å². The van der Waals surface area contributed by atoms with Crippen molar-refractivity contribution >= 4 is 16.9 Å². The van der Waals surface area contributed by atoms with Gasteiger partial charge in [-0.05, 0) is 18.2 Å². The molecule has 5 heteroatoms. The van der Waals surface area contributed by atoms with Gasteiger partial charge in [-0.15, -0.1) is 0 Å². The van der Waals surface area contributed by atoms with E-state index in [0.717, 1.165) is 5.52 Å². The molecule has 0 unspecified atom stereocenters. The molecule has 0 spiro atoms. The Morgan fingerprint density at radius 3 is 2.76 bits per heavy atom. The highest BCUT2D eigenvalue weighted by atomic mass is 16.2. The van der Waals surface area contributed by atoms with E-state index in [1.165, 1.54) is 4.90 Å². The quantitative estimate of drug-likeness (QED) is 0.722. The molecule has 2 rings (SSSR count). The number of aromatic nitrogens is 2. The maximum Gasteiger partial charge on any atom is 0.254 e. The Balaban J connectivity index is 2.37. The van der Waals surface area contributed by atoms with Crippen molar-refractivity contribution in [3.05, 3.63) is 36.2 Å². The van der Waals surface area contributed by atoms with Gasteiger partial charge in [0.25, 0.3) is 5.91 Å². The zero-order valence-electron chi connectivity index (χ0n) is 9.29. The minimum Gasteiger partial charge on any atom is -0.328 e. The SMILES string of the molecule is CN(CC#N)C(=O)c1ccc2nccnc2c1. The average Bonchev–Trinajstić information content (AvgIpc) is 2.37. The Morgan fingerprint density at radius 1 is 1.35 bits per heavy atom. The Hall–Kier alpha value is -2.48. The van der Waals surface area contributed by atoms with Crippen LogP contribution in [0.4, 0.5) is 0 Å². The Labute approximate surface area is 98.3 Å². The molecule has 0 atom stereocenters.